The zero-order chi connectivity index (χ0) is 20.3. The summed E-state index contributed by atoms with van der Waals surface area (Å²) in [7, 11) is -3.55. The number of esters is 1. The average molecular weight is 422 g/mol. The summed E-state index contributed by atoms with van der Waals surface area (Å²) in [5.74, 6) is 0.0742. The Bertz CT molecular complexity index is 933. The van der Waals surface area contributed by atoms with Crippen LogP contribution in [0, 0.1) is 5.92 Å². The second-order valence-corrected chi connectivity index (χ2v) is 9.65. The van der Waals surface area contributed by atoms with E-state index in [1.165, 1.54) is 4.31 Å². The lowest BCUT2D eigenvalue weighted by molar-refractivity contribution is -0.140. The molecule has 150 valence electrons. The highest BCUT2D eigenvalue weighted by atomic mass is 35.5. The van der Waals surface area contributed by atoms with E-state index in [1.807, 2.05) is 12.1 Å². The van der Waals surface area contributed by atoms with Crippen molar-refractivity contribution in [3.05, 3.63) is 59.1 Å². The van der Waals surface area contributed by atoms with Gasteiger partial charge >= 0.3 is 5.97 Å². The topological polar surface area (TPSA) is 63.7 Å². The van der Waals surface area contributed by atoms with E-state index in [-0.39, 0.29) is 16.8 Å². The fraction of sp³-hybridized carbons (Fsp3) is 0.381. The van der Waals surface area contributed by atoms with Crippen LogP contribution in [-0.2, 0) is 14.8 Å². The van der Waals surface area contributed by atoms with Gasteiger partial charge in [-0.1, -0.05) is 43.6 Å². The predicted molar refractivity (Wildman–Crippen MR) is 109 cm³/mol. The van der Waals surface area contributed by atoms with Gasteiger partial charge in [0.1, 0.15) is 5.75 Å². The molecule has 0 radical (unpaired) electrons. The molecule has 0 spiro atoms. The molecule has 2 aromatic carbocycles. The Hall–Kier alpha value is -1.89. The lowest BCUT2D eigenvalue weighted by Crippen LogP contribution is -2.41. The molecular formula is C21H24ClNO4S. The lowest BCUT2D eigenvalue weighted by atomic mass is 9.98. The smallest absolute Gasteiger partial charge is 0.314 e. The average Bonchev–Trinajstić information content (AvgIpc) is 2.68. The molecule has 0 aliphatic carbocycles. The van der Waals surface area contributed by atoms with Crippen molar-refractivity contribution in [1.29, 1.82) is 0 Å². The van der Waals surface area contributed by atoms with Crippen molar-refractivity contribution in [2.24, 2.45) is 5.92 Å². The summed E-state index contributed by atoms with van der Waals surface area (Å²) in [4.78, 5) is 12.7. The molecule has 3 rings (SSSR count). The number of sulfonamides is 1. The van der Waals surface area contributed by atoms with Crippen molar-refractivity contribution in [2.45, 2.75) is 37.5 Å². The summed E-state index contributed by atoms with van der Waals surface area (Å²) in [5, 5.41) is 0.495. The van der Waals surface area contributed by atoms with Crippen molar-refractivity contribution in [3.63, 3.8) is 0 Å². The predicted octanol–water partition coefficient (Wildman–Crippen LogP) is 4.47. The van der Waals surface area contributed by atoms with Crippen LogP contribution in [0.25, 0.3) is 0 Å². The standard InChI is InChI=1S/C21H24ClNO4S/c1-15(2)16-6-8-20(9-7-16)28(25,26)23-12-10-17(11-13-23)21(24)27-19-5-3-4-18(22)14-19/h3-9,14-15,17H,10-13H2,1-2H3. The highest BCUT2D eigenvalue weighted by Gasteiger charge is 2.33. The molecule has 1 saturated heterocycles. The first-order valence-electron chi connectivity index (χ1n) is 9.35. The largest absolute Gasteiger partial charge is 0.426 e. The Balaban J connectivity index is 1.61. The van der Waals surface area contributed by atoms with Crippen molar-refractivity contribution >= 4 is 27.6 Å². The quantitative estimate of drug-likeness (QED) is 0.527. The van der Waals surface area contributed by atoms with E-state index >= 15 is 0 Å². The van der Waals surface area contributed by atoms with Gasteiger partial charge in [-0.3, -0.25) is 4.79 Å². The van der Waals surface area contributed by atoms with Crippen LogP contribution in [0.5, 0.6) is 5.75 Å². The normalized spacial score (nSPS) is 16.3. The highest BCUT2D eigenvalue weighted by Crippen LogP contribution is 2.27. The molecule has 0 aromatic heterocycles. The number of benzene rings is 2. The van der Waals surface area contributed by atoms with Crippen molar-refractivity contribution in [3.8, 4) is 5.75 Å². The molecule has 7 heteroatoms. The van der Waals surface area contributed by atoms with E-state index in [0.29, 0.717) is 42.6 Å². The first kappa shape index (κ1) is 20.8. The molecule has 2 aromatic rings. The number of carbonyl (C=O) groups excluding carboxylic acids is 1. The number of carbonyl (C=O) groups is 1. The van der Waals surface area contributed by atoms with Gasteiger partial charge in [-0.2, -0.15) is 4.31 Å². The second-order valence-electron chi connectivity index (χ2n) is 7.28. The van der Waals surface area contributed by atoms with E-state index < -0.39 is 10.0 Å². The van der Waals surface area contributed by atoms with Crippen molar-refractivity contribution in [1.82, 2.24) is 4.31 Å². The Labute approximate surface area is 171 Å². The minimum atomic E-state index is -3.55. The van der Waals surface area contributed by atoms with Crippen LogP contribution >= 0.6 is 11.6 Å². The number of hydrogen-bond donors (Lipinski definition) is 0. The molecule has 5 nitrogen and oxygen atoms in total. The molecule has 1 fully saturated rings. The minimum absolute atomic E-state index is 0.289. The third-order valence-electron chi connectivity index (χ3n) is 4.99. The van der Waals surface area contributed by atoms with E-state index in [9.17, 15) is 13.2 Å². The summed E-state index contributed by atoms with van der Waals surface area (Å²) in [6.07, 6.45) is 0.866. The van der Waals surface area contributed by atoms with Crippen LogP contribution in [-0.4, -0.2) is 31.8 Å². The molecule has 1 heterocycles. The fourth-order valence-electron chi connectivity index (χ4n) is 3.24. The van der Waals surface area contributed by atoms with Crippen molar-refractivity contribution in [2.75, 3.05) is 13.1 Å². The van der Waals surface area contributed by atoms with Crippen LogP contribution in [0.4, 0.5) is 0 Å². The first-order chi connectivity index (χ1) is 13.3. The Kier molecular flexibility index (Phi) is 6.43. The van der Waals surface area contributed by atoms with Crippen LogP contribution < -0.4 is 4.74 Å². The number of piperidine rings is 1. The Morgan fingerprint density at radius 3 is 2.32 bits per heavy atom. The van der Waals surface area contributed by atoms with Gasteiger partial charge in [-0.25, -0.2) is 8.42 Å². The number of hydrogen-bond acceptors (Lipinski definition) is 4. The lowest BCUT2D eigenvalue weighted by Gasteiger charge is -2.30. The summed E-state index contributed by atoms with van der Waals surface area (Å²) >= 11 is 5.90. The number of halogens is 1. The minimum Gasteiger partial charge on any atom is -0.426 e. The summed E-state index contributed by atoms with van der Waals surface area (Å²) < 4.78 is 32.6. The van der Waals surface area contributed by atoms with Crippen LogP contribution in [0.2, 0.25) is 5.02 Å². The molecule has 0 N–H and O–H groups in total. The number of nitrogens with zero attached hydrogens (tertiary/aromatic N) is 1. The van der Waals surface area contributed by atoms with Crippen LogP contribution in [0.15, 0.2) is 53.4 Å². The van der Waals surface area contributed by atoms with Gasteiger partial charge in [0, 0.05) is 18.1 Å². The van der Waals surface area contributed by atoms with Crippen LogP contribution in [0.3, 0.4) is 0 Å². The third-order valence-corrected chi connectivity index (χ3v) is 7.13. The molecule has 0 amide bonds. The molecule has 1 aliphatic heterocycles. The molecule has 1 aliphatic rings. The van der Waals surface area contributed by atoms with Gasteiger partial charge < -0.3 is 4.74 Å². The molecule has 28 heavy (non-hydrogen) atoms. The van der Waals surface area contributed by atoms with Gasteiger partial charge in [0.05, 0.1) is 10.8 Å². The van der Waals surface area contributed by atoms with Gasteiger partial charge in [-0.15, -0.1) is 0 Å². The fourth-order valence-corrected chi connectivity index (χ4v) is 4.89. The molecule has 0 saturated carbocycles. The maximum atomic E-state index is 12.9. The maximum Gasteiger partial charge on any atom is 0.314 e. The van der Waals surface area contributed by atoms with Gasteiger partial charge in [0.25, 0.3) is 0 Å². The van der Waals surface area contributed by atoms with Gasteiger partial charge in [-0.05, 0) is 54.7 Å². The Morgan fingerprint density at radius 1 is 1.11 bits per heavy atom. The first-order valence-corrected chi connectivity index (χ1v) is 11.2. The zero-order valence-electron chi connectivity index (χ0n) is 16.0. The summed E-state index contributed by atoms with van der Waals surface area (Å²) in [6, 6.07) is 13.7. The molecule has 0 bridgehead atoms. The van der Waals surface area contributed by atoms with Gasteiger partial charge in [0.2, 0.25) is 10.0 Å². The van der Waals surface area contributed by atoms with Crippen molar-refractivity contribution < 1.29 is 17.9 Å². The summed E-state index contributed by atoms with van der Waals surface area (Å²) in [5.41, 5.74) is 1.10. The zero-order valence-corrected chi connectivity index (χ0v) is 17.5. The second kappa shape index (κ2) is 8.64. The molecular weight excluding hydrogens is 398 g/mol. The highest BCUT2D eigenvalue weighted by molar-refractivity contribution is 7.89. The van der Waals surface area contributed by atoms with E-state index in [2.05, 4.69) is 13.8 Å². The SMILES string of the molecule is CC(C)c1ccc(S(=O)(=O)N2CCC(C(=O)Oc3cccc(Cl)c3)CC2)cc1. The van der Waals surface area contributed by atoms with Gasteiger partial charge in [0.15, 0.2) is 0 Å². The number of ether oxygens (including phenoxy) is 1. The molecule has 0 unspecified atom stereocenters. The summed E-state index contributed by atoms with van der Waals surface area (Å²) in [6.45, 7) is 4.72. The monoisotopic (exact) mass is 421 g/mol. The third kappa shape index (κ3) is 4.74. The van der Waals surface area contributed by atoms with E-state index in [0.717, 1.165) is 5.56 Å². The maximum absolute atomic E-state index is 12.9. The Morgan fingerprint density at radius 2 is 1.75 bits per heavy atom. The van der Waals surface area contributed by atoms with Crippen LogP contribution in [0.1, 0.15) is 38.2 Å². The van der Waals surface area contributed by atoms with E-state index in [1.54, 1.807) is 36.4 Å². The molecule has 0 atom stereocenters. The van der Waals surface area contributed by atoms with E-state index in [4.69, 9.17) is 16.3 Å². The number of rotatable bonds is 5.